The second-order valence-corrected chi connectivity index (χ2v) is 4.91. The highest BCUT2D eigenvalue weighted by Gasteiger charge is 2.15. The molecule has 0 aromatic heterocycles. The molecule has 0 amide bonds. The molecular formula is C14H11Cl2FO2. The molecule has 2 aromatic carbocycles. The molecule has 2 aromatic rings. The summed E-state index contributed by atoms with van der Waals surface area (Å²) in [7, 11) is 0. The van der Waals surface area contributed by atoms with Crippen LogP contribution in [0.5, 0.6) is 11.5 Å². The number of aliphatic hydroxyl groups excluding tert-OH is 1. The third-order valence-electron chi connectivity index (χ3n) is 2.50. The lowest BCUT2D eigenvalue weighted by Gasteiger charge is -2.14. The summed E-state index contributed by atoms with van der Waals surface area (Å²) >= 11 is 11.7. The lowest BCUT2D eigenvalue weighted by molar-refractivity contribution is 0.194. The average Bonchev–Trinajstić information content (AvgIpc) is 2.30. The van der Waals surface area contributed by atoms with Gasteiger partial charge in [-0.15, -0.1) is 0 Å². The first kappa shape index (κ1) is 14.1. The Morgan fingerprint density at radius 2 is 1.79 bits per heavy atom. The second kappa shape index (κ2) is 5.78. The molecule has 0 saturated heterocycles. The fourth-order valence-electron chi connectivity index (χ4n) is 1.67. The van der Waals surface area contributed by atoms with Crippen molar-refractivity contribution in [2.75, 3.05) is 0 Å². The maximum Gasteiger partial charge on any atom is 0.168 e. The molecule has 19 heavy (non-hydrogen) atoms. The normalized spacial score (nSPS) is 12.3. The van der Waals surface area contributed by atoms with Gasteiger partial charge in [-0.3, -0.25) is 0 Å². The molecule has 0 spiro atoms. The van der Waals surface area contributed by atoms with Crippen molar-refractivity contribution in [1.29, 1.82) is 0 Å². The number of ether oxygens (including phenoxy) is 1. The Bertz CT molecular complexity index is 580. The maximum absolute atomic E-state index is 13.8. The van der Waals surface area contributed by atoms with Gasteiger partial charge in [-0.1, -0.05) is 35.3 Å². The summed E-state index contributed by atoms with van der Waals surface area (Å²) in [6.45, 7) is 1.53. The molecule has 0 fully saturated rings. The van der Waals surface area contributed by atoms with Crippen LogP contribution in [0.15, 0.2) is 36.4 Å². The fraction of sp³-hybridized carbons (Fsp3) is 0.143. The largest absolute Gasteiger partial charge is 0.454 e. The monoisotopic (exact) mass is 300 g/mol. The van der Waals surface area contributed by atoms with Gasteiger partial charge in [0.05, 0.1) is 6.10 Å². The first-order chi connectivity index (χ1) is 8.97. The molecule has 2 nitrogen and oxygen atoms in total. The highest BCUT2D eigenvalue weighted by molar-refractivity contribution is 6.34. The van der Waals surface area contributed by atoms with E-state index in [9.17, 15) is 9.50 Å². The molecule has 1 N–H and O–H groups in total. The highest BCUT2D eigenvalue weighted by Crippen LogP contribution is 2.34. The first-order valence-electron chi connectivity index (χ1n) is 5.58. The van der Waals surface area contributed by atoms with Gasteiger partial charge in [0, 0.05) is 15.6 Å². The van der Waals surface area contributed by atoms with Crippen molar-refractivity contribution in [3.63, 3.8) is 0 Å². The summed E-state index contributed by atoms with van der Waals surface area (Å²) in [6, 6.07) is 8.95. The smallest absolute Gasteiger partial charge is 0.168 e. The van der Waals surface area contributed by atoms with E-state index in [0.717, 1.165) is 0 Å². The van der Waals surface area contributed by atoms with Gasteiger partial charge in [0.15, 0.2) is 11.6 Å². The molecule has 5 heteroatoms. The van der Waals surface area contributed by atoms with E-state index in [-0.39, 0.29) is 5.75 Å². The molecular weight excluding hydrogens is 290 g/mol. The zero-order valence-corrected chi connectivity index (χ0v) is 11.5. The molecule has 1 unspecified atom stereocenters. The standard InChI is InChI=1S/C14H11Cl2FO2/c1-8(18)12-3-2-4-13(17)14(12)19-11-6-9(15)5-10(16)7-11/h2-8,18H,1H3. The van der Waals surface area contributed by atoms with Crippen LogP contribution in [-0.2, 0) is 0 Å². The van der Waals surface area contributed by atoms with Gasteiger partial charge in [-0.2, -0.15) is 0 Å². The van der Waals surface area contributed by atoms with Gasteiger partial charge in [-0.25, -0.2) is 4.39 Å². The van der Waals surface area contributed by atoms with E-state index in [0.29, 0.717) is 21.4 Å². The van der Waals surface area contributed by atoms with E-state index in [1.165, 1.54) is 31.2 Å². The van der Waals surface area contributed by atoms with Gasteiger partial charge in [0.1, 0.15) is 5.75 Å². The predicted molar refractivity (Wildman–Crippen MR) is 73.6 cm³/mol. The number of benzene rings is 2. The Balaban J connectivity index is 2.42. The molecule has 0 aliphatic carbocycles. The predicted octanol–water partition coefficient (Wildman–Crippen LogP) is 4.98. The SMILES string of the molecule is CC(O)c1cccc(F)c1Oc1cc(Cl)cc(Cl)c1. The molecule has 0 aliphatic rings. The zero-order chi connectivity index (χ0) is 14.0. The van der Waals surface area contributed by atoms with Crippen molar-refractivity contribution in [3.8, 4) is 11.5 Å². The Kier molecular flexibility index (Phi) is 4.30. The van der Waals surface area contributed by atoms with Crippen LogP contribution >= 0.6 is 23.2 Å². The number of halogens is 3. The Morgan fingerprint density at radius 1 is 1.16 bits per heavy atom. The van der Waals surface area contributed by atoms with E-state index in [4.69, 9.17) is 27.9 Å². The van der Waals surface area contributed by atoms with Gasteiger partial charge < -0.3 is 9.84 Å². The van der Waals surface area contributed by atoms with Gasteiger partial charge in [-0.05, 0) is 31.2 Å². The minimum Gasteiger partial charge on any atom is -0.454 e. The summed E-state index contributed by atoms with van der Waals surface area (Å²) in [5, 5.41) is 10.4. The van der Waals surface area contributed by atoms with Crippen LogP contribution in [0.25, 0.3) is 0 Å². The molecule has 100 valence electrons. The van der Waals surface area contributed by atoms with Gasteiger partial charge in [0.2, 0.25) is 0 Å². The van der Waals surface area contributed by atoms with E-state index < -0.39 is 11.9 Å². The second-order valence-electron chi connectivity index (χ2n) is 4.04. The summed E-state index contributed by atoms with van der Waals surface area (Å²) in [6.07, 6.45) is -0.847. The minimum absolute atomic E-state index is 0.0316. The van der Waals surface area contributed by atoms with Crippen LogP contribution in [0, 0.1) is 5.82 Å². The number of hydrogen-bond donors (Lipinski definition) is 1. The molecule has 1 atom stereocenters. The Morgan fingerprint density at radius 3 is 2.37 bits per heavy atom. The molecule has 0 radical (unpaired) electrons. The third kappa shape index (κ3) is 3.38. The number of para-hydroxylation sites is 1. The zero-order valence-electron chi connectivity index (χ0n) is 10.0. The summed E-state index contributed by atoms with van der Waals surface area (Å²) in [5.41, 5.74) is 0.357. The maximum atomic E-state index is 13.8. The number of rotatable bonds is 3. The van der Waals surface area contributed by atoms with E-state index in [2.05, 4.69) is 0 Å². The van der Waals surface area contributed by atoms with Crippen LogP contribution < -0.4 is 4.74 Å². The molecule has 0 aliphatic heterocycles. The quantitative estimate of drug-likeness (QED) is 0.866. The minimum atomic E-state index is -0.847. The first-order valence-corrected chi connectivity index (χ1v) is 6.33. The summed E-state index contributed by atoms with van der Waals surface area (Å²) in [5.74, 6) is -0.283. The lowest BCUT2D eigenvalue weighted by Crippen LogP contribution is -1.98. The van der Waals surface area contributed by atoms with E-state index >= 15 is 0 Å². The molecule has 2 rings (SSSR count). The van der Waals surface area contributed by atoms with Crippen LogP contribution in [0.4, 0.5) is 4.39 Å². The van der Waals surface area contributed by atoms with Crippen molar-refractivity contribution in [2.45, 2.75) is 13.0 Å². The number of aliphatic hydroxyl groups is 1. The number of hydrogen-bond acceptors (Lipinski definition) is 2. The summed E-state index contributed by atoms with van der Waals surface area (Å²) in [4.78, 5) is 0. The van der Waals surface area contributed by atoms with Crippen molar-refractivity contribution >= 4 is 23.2 Å². The van der Waals surface area contributed by atoms with Gasteiger partial charge in [0.25, 0.3) is 0 Å². The third-order valence-corrected chi connectivity index (χ3v) is 2.94. The lowest BCUT2D eigenvalue weighted by atomic mass is 10.1. The molecule has 0 saturated carbocycles. The van der Waals surface area contributed by atoms with Crippen LogP contribution in [0.3, 0.4) is 0 Å². The fourth-order valence-corrected chi connectivity index (χ4v) is 2.17. The molecule has 0 bridgehead atoms. The van der Waals surface area contributed by atoms with Gasteiger partial charge >= 0.3 is 0 Å². The van der Waals surface area contributed by atoms with E-state index in [1.54, 1.807) is 12.1 Å². The topological polar surface area (TPSA) is 29.5 Å². The Labute approximate surface area is 120 Å². The van der Waals surface area contributed by atoms with Crippen LogP contribution in [0.1, 0.15) is 18.6 Å². The van der Waals surface area contributed by atoms with Crippen molar-refractivity contribution in [1.82, 2.24) is 0 Å². The van der Waals surface area contributed by atoms with Crippen LogP contribution in [0.2, 0.25) is 10.0 Å². The van der Waals surface area contributed by atoms with Crippen LogP contribution in [-0.4, -0.2) is 5.11 Å². The Hall–Kier alpha value is -1.29. The molecule has 0 heterocycles. The summed E-state index contributed by atoms with van der Waals surface area (Å²) < 4.78 is 19.3. The van der Waals surface area contributed by atoms with Crippen molar-refractivity contribution in [3.05, 3.63) is 57.8 Å². The van der Waals surface area contributed by atoms with Crippen molar-refractivity contribution in [2.24, 2.45) is 0 Å². The van der Waals surface area contributed by atoms with Crippen molar-refractivity contribution < 1.29 is 14.2 Å². The average molecular weight is 301 g/mol. The highest BCUT2D eigenvalue weighted by atomic mass is 35.5. The van der Waals surface area contributed by atoms with E-state index in [1.807, 2.05) is 0 Å².